The molecule has 0 aliphatic heterocycles. The minimum Gasteiger partial charge on any atom is -0.324 e. The third kappa shape index (κ3) is 7.99. The van der Waals surface area contributed by atoms with E-state index in [1.165, 1.54) is 5.56 Å². The van der Waals surface area contributed by atoms with Gasteiger partial charge in [0.1, 0.15) is 0 Å². The van der Waals surface area contributed by atoms with Crippen molar-refractivity contribution in [1.82, 2.24) is 4.90 Å². The Morgan fingerprint density at radius 1 is 1.27 bits per heavy atom. The van der Waals surface area contributed by atoms with Crippen molar-refractivity contribution in [2.45, 2.75) is 39.8 Å². The van der Waals surface area contributed by atoms with Crippen molar-refractivity contribution in [3.05, 3.63) is 29.3 Å². The Morgan fingerprint density at radius 2 is 1.86 bits per heavy atom. The molecule has 6 heteroatoms. The van der Waals surface area contributed by atoms with Gasteiger partial charge >= 0.3 is 0 Å². The van der Waals surface area contributed by atoms with Gasteiger partial charge in [-0.3, -0.25) is 4.79 Å². The molecule has 1 rings (SSSR count). The maximum absolute atomic E-state index is 12.1. The van der Waals surface area contributed by atoms with Gasteiger partial charge in [-0.05, 0) is 50.6 Å². The fourth-order valence-electron chi connectivity index (χ4n) is 2.11. The average molecular weight is 350 g/mol. The fraction of sp³-hybridized carbons (Fsp3) is 0.562. The Hall–Kier alpha value is -0.810. The summed E-state index contributed by atoms with van der Waals surface area (Å²) < 4.78 is 0. The van der Waals surface area contributed by atoms with E-state index < -0.39 is 6.04 Å². The number of rotatable bonds is 6. The number of carbonyl (C=O) groups is 1. The predicted molar refractivity (Wildman–Crippen MR) is 99.1 cm³/mol. The van der Waals surface area contributed by atoms with Crippen molar-refractivity contribution in [1.29, 1.82) is 0 Å². The first-order valence-corrected chi connectivity index (χ1v) is 7.10. The lowest BCUT2D eigenvalue weighted by Gasteiger charge is -2.17. The van der Waals surface area contributed by atoms with Gasteiger partial charge in [-0.1, -0.05) is 26.0 Å². The molecule has 0 spiro atoms. The first-order valence-electron chi connectivity index (χ1n) is 7.10. The highest BCUT2D eigenvalue weighted by Gasteiger charge is 2.16. The lowest BCUT2D eigenvalue weighted by molar-refractivity contribution is -0.117. The van der Waals surface area contributed by atoms with Crippen molar-refractivity contribution in [2.75, 3.05) is 19.4 Å². The van der Waals surface area contributed by atoms with Crippen LogP contribution in [0, 0.1) is 12.8 Å². The van der Waals surface area contributed by atoms with E-state index in [1.54, 1.807) is 0 Å². The number of anilines is 1. The van der Waals surface area contributed by atoms with Crippen LogP contribution in [0.3, 0.4) is 0 Å². The number of aryl methyl sites for hydroxylation is 1. The Labute approximate surface area is 146 Å². The van der Waals surface area contributed by atoms with Gasteiger partial charge in [0.15, 0.2) is 0 Å². The summed E-state index contributed by atoms with van der Waals surface area (Å²) in [6, 6.07) is 5.68. The van der Waals surface area contributed by atoms with Crippen LogP contribution in [0.25, 0.3) is 0 Å². The molecule has 0 saturated carbocycles. The highest BCUT2D eigenvalue weighted by atomic mass is 35.5. The zero-order valence-corrected chi connectivity index (χ0v) is 15.7. The van der Waals surface area contributed by atoms with Crippen molar-refractivity contribution < 1.29 is 4.79 Å². The third-order valence-corrected chi connectivity index (χ3v) is 3.12. The van der Waals surface area contributed by atoms with Crippen molar-refractivity contribution in [3.8, 4) is 0 Å². The summed E-state index contributed by atoms with van der Waals surface area (Å²) in [5, 5.41) is 2.95. The highest BCUT2D eigenvalue weighted by molar-refractivity contribution is 5.95. The molecule has 1 atom stereocenters. The summed E-state index contributed by atoms with van der Waals surface area (Å²) in [4.78, 5) is 14.2. The number of hydrogen-bond acceptors (Lipinski definition) is 3. The molecule has 0 heterocycles. The molecule has 0 bridgehead atoms. The van der Waals surface area contributed by atoms with E-state index in [-0.39, 0.29) is 30.7 Å². The first kappa shape index (κ1) is 23.5. The number of nitrogens with zero attached hydrogens (tertiary/aromatic N) is 1. The van der Waals surface area contributed by atoms with Crippen LogP contribution in [-0.4, -0.2) is 30.9 Å². The van der Waals surface area contributed by atoms with E-state index in [0.29, 0.717) is 12.3 Å². The molecule has 0 unspecified atom stereocenters. The minimum atomic E-state index is -0.452. The molecule has 1 aromatic carbocycles. The van der Waals surface area contributed by atoms with E-state index in [1.807, 2.05) is 33.2 Å². The van der Waals surface area contributed by atoms with Crippen molar-refractivity contribution in [3.63, 3.8) is 0 Å². The van der Waals surface area contributed by atoms with Crippen LogP contribution in [0.5, 0.6) is 0 Å². The van der Waals surface area contributed by atoms with Gasteiger partial charge in [-0.2, -0.15) is 0 Å². The Morgan fingerprint density at radius 3 is 2.36 bits per heavy atom. The molecule has 0 saturated heterocycles. The lowest BCUT2D eigenvalue weighted by Crippen LogP contribution is -2.36. The van der Waals surface area contributed by atoms with Gasteiger partial charge < -0.3 is 16.0 Å². The Kier molecular flexibility index (Phi) is 11.6. The van der Waals surface area contributed by atoms with Crippen LogP contribution in [-0.2, 0) is 11.3 Å². The van der Waals surface area contributed by atoms with E-state index in [0.717, 1.165) is 17.8 Å². The minimum absolute atomic E-state index is 0. The van der Waals surface area contributed by atoms with Crippen LogP contribution in [0.15, 0.2) is 18.2 Å². The summed E-state index contributed by atoms with van der Waals surface area (Å²) in [6.45, 7) is 6.97. The zero-order chi connectivity index (χ0) is 15.3. The predicted octanol–water partition coefficient (Wildman–Crippen LogP) is 3.21. The fourth-order valence-corrected chi connectivity index (χ4v) is 2.11. The number of benzene rings is 1. The lowest BCUT2D eigenvalue weighted by atomic mass is 10.0. The molecular formula is C16H29Cl2N3O. The first-order chi connectivity index (χ1) is 9.29. The maximum atomic E-state index is 12.1. The van der Waals surface area contributed by atoms with Gasteiger partial charge in [0, 0.05) is 12.2 Å². The number of nitrogens with one attached hydrogen (secondary N) is 1. The second-order valence-electron chi connectivity index (χ2n) is 6.11. The van der Waals surface area contributed by atoms with Crippen molar-refractivity contribution >= 4 is 36.4 Å². The second-order valence-corrected chi connectivity index (χ2v) is 6.11. The van der Waals surface area contributed by atoms with Gasteiger partial charge in [0.2, 0.25) is 5.91 Å². The molecule has 3 N–H and O–H groups in total. The molecule has 0 fully saturated rings. The quantitative estimate of drug-likeness (QED) is 0.828. The van der Waals surface area contributed by atoms with Crippen LogP contribution < -0.4 is 11.1 Å². The average Bonchev–Trinajstić information content (AvgIpc) is 2.31. The van der Waals surface area contributed by atoms with E-state index in [9.17, 15) is 4.79 Å². The van der Waals surface area contributed by atoms with Crippen molar-refractivity contribution in [2.24, 2.45) is 11.7 Å². The number of amides is 1. The van der Waals surface area contributed by atoms with Gasteiger partial charge in [0.05, 0.1) is 6.04 Å². The Bertz CT molecular complexity index is 465. The Balaban J connectivity index is 0. The highest BCUT2D eigenvalue weighted by Crippen LogP contribution is 2.18. The summed E-state index contributed by atoms with van der Waals surface area (Å²) in [7, 11) is 4.05. The maximum Gasteiger partial charge on any atom is 0.241 e. The summed E-state index contributed by atoms with van der Waals surface area (Å²) in [5.41, 5.74) is 9.00. The van der Waals surface area contributed by atoms with Crippen LogP contribution in [0.4, 0.5) is 5.69 Å². The summed E-state index contributed by atoms with van der Waals surface area (Å²) >= 11 is 0. The molecule has 1 aromatic rings. The molecule has 22 heavy (non-hydrogen) atoms. The van der Waals surface area contributed by atoms with Gasteiger partial charge in [-0.25, -0.2) is 0 Å². The zero-order valence-electron chi connectivity index (χ0n) is 14.1. The smallest absolute Gasteiger partial charge is 0.241 e. The number of halogens is 2. The SMILES string of the molecule is Cc1ccc(CN(C)C)cc1NC(=O)[C@@H](N)CC(C)C.Cl.Cl. The molecule has 4 nitrogen and oxygen atoms in total. The largest absolute Gasteiger partial charge is 0.324 e. The van der Waals surface area contributed by atoms with E-state index >= 15 is 0 Å². The monoisotopic (exact) mass is 349 g/mol. The van der Waals surface area contributed by atoms with Gasteiger partial charge in [-0.15, -0.1) is 24.8 Å². The molecule has 0 aliphatic rings. The van der Waals surface area contributed by atoms with Crippen LogP contribution in [0.2, 0.25) is 0 Å². The van der Waals surface area contributed by atoms with E-state index in [4.69, 9.17) is 5.73 Å². The molecular weight excluding hydrogens is 321 g/mol. The number of carbonyl (C=O) groups excluding carboxylic acids is 1. The summed E-state index contributed by atoms with van der Waals surface area (Å²) in [6.07, 6.45) is 0.697. The second kappa shape index (κ2) is 10.8. The van der Waals surface area contributed by atoms with Gasteiger partial charge in [0.25, 0.3) is 0 Å². The standard InChI is InChI=1S/C16H27N3O.2ClH/c1-11(2)8-14(17)16(20)18-15-9-13(10-19(4)5)7-6-12(15)3;;/h6-7,9,11,14H,8,10,17H2,1-5H3,(H,18,20);2*1H/t14-;;/m0../s1. The topological polar surface area (TPSA) is 58.4 Å². The van der Waals surface area contributed by atoms with Crippen LogP contribution >= 0.6 is 24.8 Å². The normalized spacial score (nSPS) is 11.6. The molecule has 0 aromatic heterocycles. The number of hydrogen-bond donors (Lipinski definition) is 2. The van der Waals surface area contributed by atoms with Crippen LogP contribution in [0.1, 0.15) is 31.4 Å². The third-order valence-electron chi connectivity index (χ3n) is 3.12. The molecule has 0 radical (unpaired) electrons. The molecule has 0 aliphatic carbocycles. The van der Waals surface area contributed by atoms with E-state index in [2.05, 4.69) is 30.1 Å². The molecule has 128 valence electrons. The summed E-state index contributed by atoms with van der Waals surface area (Å²) in [5.74, 6) is 0.306. The number of nitrogens with two attached hydrogens (primary N) is 1. The molecule has 1 amide bonds.